The summed E-state index contributed by atoms with van der Waals surface area (Å²) < 4.78 is 13.6. The van der Waals surface area contributed by atoms with E-state index in [2.05, 4.69) is 439 Å². The largest absolute Gasteiger partial charge is 0.316 e. The van der Waals surface area contributed by atoms with Crippen molar-refractivity contribution >= 4 is 131 Å². The van der Waals surface area contributed by atoms with Crippen molar-refractivity contribution in [2.75, 3.05) is 0 Å². The summed E-state index contributed by atoms with van der Waals surface area (Å²) in [4.78, 5) is 39.3. The average molecular weight is 1730 g/mol. The molecule has 0 unspecified atom stereocenters. The summed E-state index contributed by atoms with van der Waals surface area (Å²) in [6.07, 6.45) is 11.9. The van der Waals surface area contributed by atoms with Gasteiger partial charge in [0, 0.05) is 152 Å². The van der Waals surface area contributed by atoms with E-state index in [0.717, 1.165) is 128 Å². The first-order valence-electron chi connectivity index (χ1n) is 45.6. The highest BCUT2D eigenvalue weighted by molar-refractivity contribution is 6.17. The Kier molecular flexibility index (Phi) is 18.3. The fourth-order valence-corrected chi connectivity index (χ4v) is 20.5. The molecule has 1 aliphatic carbocycles. The van der Waals surface area contributed by atoms with Gasteiger partial charge in [0.25, 0.3) is 0 Å². The third-order valence-electron chi connectivity index (χ3n) is 27.1. The molecule has 0 amide bonds. The van der Waals surface area contributed by atoms with Crippen molar-refractivity contribution in [3.63, 3.8) is 0 Å². The monoisotopic (exact) mass is 1730 g/mol. The highest BCUT2D eigenvalue weighted by atomic mass is 15.2. The lowest BCUT2D eigenvalue weighted by molar-refractivity contribution is 0.660. The molecular weight excluding hydrogens is 1650 g/mol. The van der Waals surface area contributed by atoms with Crippen molar-refractivity contribution in [3.8, 4) is 102 Å². The van der Waals surface area contributed by atoms with Crippen molar-refractivity contribution in [2.45, 2.75) is 19.3 Å². The maximum atomic E-state index is 5.40. The van der Waals surface area contributed by atoms with E-state index in [1.54, 1.807) is 12.4 Å². The van der Waals surface area contributed by atoms with Gasteiger partial charge in [0.05, 0.1) is 77.6 Å². The summed E-state index contributed by atoms with van der Waals surface area (Å²) in [6.45, 7) is 4.67. The van der Waals surface area contributed by atoms with E-state index in [0.29, 0.717) is 17.7 Å². The van der Waals surface area contributed by atoms with Gasteiger partial charge in [-0.25, -0.2) is 39.9 Å². The van der Waals surface area contributed by atoms with Crippen LogP contribution in [0.4, 0.5) is 0 Å². The highest BCUT2D eigenvalue weighted by Gasteiger charge is 2.36. The summed E-state index contributed by atoms with van der Waals surface area (Å²) in [7, 11) is 0. The molecule has 10 aromatic heterocycles. The molecule has 0 saturated heterocycles. The van der Waals surface area contributed by atoms with Crippen molar-refractivity contribution in [1.82, 2.24) is 67.3 Å². The summed E-state index contributed by atoms with van der Waals surface area (Å²) in [5.74, 6) is 2.73. The standard InChI is InChI=1S/C49H34N4.C38H24N6.C34H22N4/c1-49(2)41-17-9-6-14-36(41)37-25-24-33(29-42(37)49)31-20-22-32(23-21-31)47-39-16-7-10-18-43(39)50-48(51-47)53-44-19-11-8-15-38(44)40-28-34-26-27-52(45(34)30-46(40)53)35-12-4-3-5-13-35;1-2-9-28(10-3-1)43-22-19-27-23-31-29-11-5-7-14-33(29)44(35(31)24-34(27)43)38-41-32-13-6-4-12-30(32)36(42-38)25-15-17-26(18-16-25)37-39-20-8-21-40-37;1-2-9-26(10-3-1)37-19-18-24-20-29-28-11-5-7-13-31(28)38(33(29)21-32(24)37)27-16-14-23(15-17-27)34-35-22-25-8-4-6-12-30(25)36-34/h3-30H,1-2H3;1-24H;1-22H. The third kappa shape index (κ3) is 13.2. The molecule has 0 aliphatic heterocycles. The quantitative estimate of drug-likeness (QED) is 0.125. The minimum Gasteiger partial charge on any atom is -0.316 e. The molecule has 14 nitrogen and oxygen atoms in total. The Hall–Kier alpha value is -18.1. The lowest BCUT2D eigenvalue weighted by atomic mass is 9.81. The number of rotatable bonds is 11. The van der Waals surface area contributed by atoms with Gasteiger partial charge < -0.3 is 18.3 Å². The van der Waals surface area contributed by atoms with Gasteiger partial charge in [-0.1, -0.05) is 263 Å². The number of aromatic nitrogens is 14. The van der Waals surface area contributed by atoms with Gasteiger partial charge >= 0.3 is 0 Å². The molecule has 10 heterocycles. The van der Waals surface area contributed by atoms with Gasteiger partial charge in [0.1, 0.15) is 0 Å². The first kappa shape index (κ1) is 77.9. The number of nitrogens with zero attached hydrogens (tertiary/aromatic N) is 14. The van der Waals surface area contributed by atoms with Crippen LogP contribution in [-0.4, -0.2) is 67.3 Å². The first-order chi connectivity index (χ1) is 66.7. The average Bonchev–Trinajstić information content (AvgIpc) is 1.58. The molecule has 0 saturated carbocycles. The maximum absolute atomic E-state index is 5.40. The molecule has 0 bridgehead atoms. The van der Waals surface area contributed by atoms with E-state index in [1.807, 2.05) is 54.7 Å². The Morgan fingerprint density at radius 2 is 0.600 bits per heavy atom. The van der Waals surface area contributed by atoms with E-state index in [-0.39, 0.29) is 5.41 Å². The van der Waals surface area contributed by atoms with Gasteiger partial charge in [0.15, 0.2) is 11.6 Å². The van der Waals surface area contributed by atoms with Gasteiger partial charge in [0.2, 0.25) is 11.9 Å². The molecule has 0 spiro atoms. The smallest absolute Gasteiger partial charge is 0.235 e. The van der Waals surface area contributed by atoms with Crippen molar-refractivity contribution in [3.05, 3.63) is 461 Å². The number of para-hydroxylation sites is 9. The van der Waals surface area contributed by atoms with Crippen LogP contribution in [0.15, 0.2) is 450 Å². The number of hydrogen-bond acceptors (Lipinski definition) is 8. The van der Waals surface area contributed by atoms with E-state index < -0.39 is 0 Å². The predicted molar refractivity (Wildman–Crippen MR) is 552 cm³/mol. The Morgan fingerprint density at radius 1 is 0.215 bits per heavy atom. The summed E-state index contributed by atoms with van der Waals surface area (Å²) >= 11 is 0. The first-order valence-corrected chi connectivity index (χ1v) is 45.6. The molecule has 1 aliphatic rings. The van der Waals surface area contributed by atoms with Crippen molar-refractivity contribution in [1.29, 1.82) is 0 Å². The fraction of sp³-hybridized carbons (Fsp3) is 0.0248. The highest BCUT2D eigenvalue weighted by Crippen LogP contribution is 2.51. The van der Waals surface area contributed by atoms with E-state index in [4.69, 9.17) is 24.9 Å². The lowest BCUT2D eigenvalue weighted by Crippen LogP contribution is -2.14. The maximum Gasteiger partial charge on any atom is 0.235 e. The Balaban J connectivity index is 0.000000107. The summed E-state index contributed by atoms with van der Waals surface area (Å²) in [5, 5.41) is 13.9. The second-order valence-electron chi connectivity index (χ2n) is 35.1. The van der Waals surface area contributed by atoms with E-state index >= 15 is 0 Å². The SMILES string of the molecule is CC1(C)c2ccccc2-c2ccc(-c3ccc(-c4nc(-n5c6ccccc6c6cc7ccn(-c8ccccc8)c7cc65)nc5ccccc45)cc3)cc21.c1ccc(-n2ccc3cc4c5ccccc5n(-c5ccc(-c6ncc7ccccc7n6)cc5)c4cc32)cc1.c1ccc(-n2ccc3cc4c5ccccc5n(-c5nc(-c6ccc(-c7ncccn7)cc6)c6ccccc6n5)c4cc32)cc1. The Bertz CT molecular complexity index is 9380. The van der Waals surface area contributed by atoms with Crippen LogP contribution in [0.25, 0.3) is 233 Å². The van der Waals surface area contributed by atoms with Crippen LogP contribution < -0.4 is 0 Å². The fourth-order valence-electron chi connectivity index (χ4n) is 20.5. The van der Waals surface area contributed by atoms with Gasteiger partial charge in [-0.05, 0) is 197 Å². The minimum absolute atomic E-state index is 0.0403. The summed E-state index contributed by atoms with van der Waals surface area (Å²) in [6, 6.07) is 146. The topological polar surface area (TPSA) is 133 Å². The number of fused-ring (bicyclic) bond motifs is 18. The normalized spacial score (nSPS) is 12.3. The zero-order valence-electron chi connectivity index (χ0n) is 73.5. The van der Waals surface area contributed by atoms with E-state index in [1.165, 1.54) is 98.4 Å². The van der Waals surface area contributed by atoms with Crippen LogP contribution in [-0.2, 0) is 5.41 Å². The second kappa shape index (κ2) is 31.6. The van der Waals surface area contributed by atoms with Crippen LogP contribution in [0, 0.1) is 0 Å². The molecule has 634 valence electrons. The van der Waals surface area contributed by atoms with Gasteiger partial charge in [-0.15, -0.1) is 0 Å². The molecule has 0 radical (unpaired) electrons. The molecule has 17 aromatic carbocycles. The van der Waals surface area contributed by atoms with Crippen molar-refractivity contribution in [2.24, 2.45) is 0 Å². The summed E-state index contributed by atoms with van der Waals surface area (Å²) in [5.41, 5.74) is 31.1. The number of benzene rings is 17. The van der Waals surface area contributed by atoms with Gasteiger partial charge in [-0.3, -0.25) is 9.13 Å². The van der Waals surface area contributed by atoms with Crippen LogP contribution in [0.5, 0.6) is 0 Å². The molecule has 0 N–H and O–H groups in total. The third-order valence-corrected chi connectivity index (χ3v) is 27.1. The van der Waals surface area contributed by atoms with Gasteiger partial charge in [-0.2, -0.15) is 0 Å². The molecule has 27 aromatic rings. The molecule has 28 rings (SSSR count). The Labute approximate surface area is 775 Å². The molecule has 135 heavy (non-hydrogen) atoms. The van der Waals surface area contributed by atoms with Crippen LogP contribution in [0.2, 0.25) is 0 Å². The molecule has 0 fully saturated rings. The lowest BCUT2D eigenvalue weighted by Gasteiger charge is -2.22. The van der Waals surface area contributed by atoms with E-state index in [9.17, 15) is 0 Å². The van der Waals surface area contributed by atoms with Crippen LogP contribution in [0.1, 0.15) is 25.0 Å². The molecule has 14 heteroatoms. The van der Waals surface area contributed by atoms with Crippen LogP contribution in [0.3, 0.4) is 0 Å². The molecule has 0 atom stereocenters. The minimum atomic E-state index is -0.0403. The zero-order chi connectivity index (χ0) is 89.4. The second-order valence-corrected chi connectivity index (χ2v) is 35.1. The zero-order valence-corrected chi connectivity index (χ0v) is 73.5. The van der Waals surface area contributed by atoms with Crippen LogP contribution >= 0.6 is 0 Å². The predicted octanol–water partition coefficient (Wildman–Crippen LogP) is 29.4. The molecular formula is C121H80N14. The van der Waals surface area contributed by atoms with Crippen molar-refractivity contribution < 1.29 is 0 Å². The Morgan fingerprint density at radius 3 is 1.10 bits per heavy atom. The number of hydrogen-bond donors (Lipinski definition) is 0.